The van der Waals surface area contributed by atoms with Crippen molar-refractivity contribution in [1.82, 2.24) is 4.90 Å². The van der Waals surface area contributed by atoms with Gasteiger partial charge in [0, 0.05) is 19.3 Å². The first-order valence-corrected chi connectivity index (χ1v) is 11.2. The summed E-state index contributed by atoms with van der Waals surface area (Å²) >= 11 is 0. The Labute approximate surface area is 188 Å². The van der Waals surface area contributed by atoms with Crippen molar-refractivity contribution >= 4 is 5.97 Å². The highest BCUT2D eigenvalue weighted by molar-refractivity contribution is 5.87. The second kappa shape index (κ2) is 14.4. The molecule has 0 saturated carbocycles. The Hall–Kier alpha value is -2.59. The molecule has 2 aromatic carbocycles. The number of aryl methyl sites for hydroxylation is 1. The third kappa shape index (κ3) is 10.8. The maximum Gasteiger partial charge on any atom is 0.335 e. The van der Waals surface area contributed by atoms with Gasteiger partial charge in [-0.2, -0.15) is 0 Å². The predicted molar refractivity (Wildman–Crippen MR) is 130 cm³/mol. The summed E-state index contributed by atoms with van der Waals surface area (Å²) in [6.45, 7) is 11.3. The molecular formula is C27H39NO3. The Morgan fingerprint density at radius 3 is 2.29 bits per heavy atom. The van der Waals surface area contributed by atoms with Crippen LogP contribution in [0.2, 0.25) is 0 Å². The molecule has 2 aromatic rings. The molecule has 4 nitrogen and oxygen atoms in total. The number of aromatic carboxylic acids is 1. The van der Waals surface area contributed by atoms with Crippen molar-refractivity contribution in [2.24, 2.45) is 0 Å². The summed E-state index contributed by atoms with van der Waals surface area (Å²) in [6.07, 6.45) is 5.59. The fourth-order valence-corrected chi connectivity index (χ4v) is 3.29. The molecule has 0 aliphatic rings. The molecule has 0 aromatic heterocycles. The summed E-state index contributed by atoms with van der Waals surface area (Å²) in [5, 5.41) is 18.4. The SMILES string of the molecule is C=C(CCC)N(C)CCc1ccc(C(=O)O)cc1.CCCC(O)Cc1cccc(C)c1. The van der Waals surface area contributed by atoms with Crippen LogP contribution in [0.15, 0.2) is 60.8 Å². The fourth-order valence-electron chi connectivity index (χ4n) is 3.29. The standard InChI is InChI=1S/C15H21NO2.C12H18O/c1-4-5-12(2)16(3)11-10-13-6-8-14(9-7-13)15(17)18;1-3-5-12(13)9-11-7-4-6-10(2)8-11/h6-9H,2,4-5,10-11H2,1,3H3,(H,17,18);4,6-8,12-13H,3,5,9H2,1-2H3. The van der Waals surface area contributed by atoms with Gasteiger partial charge in [-0.15, -0.1) is 0 Å². The molecule has 1 unspecified atom stereocenters. The van der Waals surface area contributed by atoms with Gasteiger partial charge in [-0.1, -0.05) is 75.2 Å². The number of aliphatic hydroxyl groups excluding tert-OH is 1. The van der Waals surface area contributed by atoms with Crippen LogP contribution in [0.4, 0.5) is 0 Å². The van der Waals surface area contributed by atoms with Crippen LogP contribution >= 0.6 is 0 Å². The van der Waals surface area contributed by atoms with Crippen LogP contribution in [-0.2, 0) is 12.8 Å². The van der Waals surface area contributed by atoms with Crippen LogP contribution in [0, 0.1) is 6.92 Å². The number of carboxylic acids is 1. The van der Waals surface area contributed by atoms with E-state index in [1.165, 1.54) is 11.1 Å². The van der Waals surface area contributed by atoms with Gasteiger partial charge in [0.2, 0.25) is 0 Å². The normalized spacial score (nSPS) is 11.3. The van der Waals surface area contributed by atoms with Gasteiger partial charge in [-0.3, -0.25) is 0 Å². The lowest BCUT2D eigenvalue weighted by molar-refractivity contribution is 0.0697. The number of hydrogen-bond donors (Lipinski definition) is 2. The Kier molecular flexibility index (Phi) is 12.3. The number of likely N-dealkylation sites (N-methyl/N-ethyl adjacent to an activating group) is 1. The van der Waals surface area contributed by atoms with Gasteiger partial charge in [0.05, 0.1) is 11.7 Å². The van der Waals surface area contributed by atoms with E-state index in [0.29, 0.717) is 5.56 Å². The fraction of sp³-hybridized carbons (Fsp3) is 0.444. The zero-order valence-electron chi connectivity index (χ0n) is 19.6. The zero-order valence-corrected chi connectivity index (χ0v) is 19.6. The largest absolute Gasteiger partial charge is 0.478 e. The highest BCUT2D eigenvalue weighted by atomic mass is 16.4. The Bertz CT molecular complexity index is 798. The van der Waals surface area contributed by atoms with E-state index in [4.69, 9.17) is 5.11 Å². The number of hydrogen-bond acceptors (Lipinski definition) is 3. The summed E-state index contributed by atoms with van der Waals surface area (Å²) < 4.78 is 0. The van der Waals surface area contributed by atoms with Gasteiger partial charge < -0.3 is 15.1 Å². The number of aliphatic hydroxyl groups is 1. The maximum absolute atomic E-state index is 10.7. The third-order valence-corrected chi connectivity index (χ3v) is 5.19. The second-order valence-corrected chi connectivity index (χ2v) is 8.13. The number of allylic oxidation sites excluding steroid dienone is 1. The summed E-state index contributed by atoms with van der Waals surface area (Å²) in [5.41, 5.74) is 5.14. The first kappa shape index (κ1) is 26.4. The molecule has 2 rings (SSSR count). The van der Waals surface area contributed by atoms with Gasteiger partial charge in [0.1, 0.15) is 0 Å². The minimum atomic E-state index is -0.880. The first-order valence-electron chi connectivity index (χ1n) is 11.2. The van der Waals surface area contributed by atoms with Crippen LogP contribution < -0.4 is 0 Å². The van der Waals surface area contributed by atoms with Crippen molar-refractivity contribution < 1.29 is 15.0 Å². The molecule has 0 heterocycles. The van der Waals surface area contributed by atoms with Gasteiger partial charge >= 0.3 is 5.97 Å². The van der Waals surface area contributed by atoms with Crippen LogP contribution in [0.3, 0.4) is 0 Å². The van der Waals surface area contributed by atoms with Crippen molar-refractivity contribution in [2.75, 3.05) is 13.6 Å². The van der Waals surface area contributed by atoms with Crippen LogP contribution in [0.1, 0.15) is 66.6 Å². The van der Waals surface area contributed by atoms with Crippen LogP contribution in [0.25, 0.3) is 0 Å². The molecule has 0 bridgehead atoms. The summed E-state index contributed by atoms with van der Waals surface area (Å²) in [7, 11) is 2.05. The van der Waals surface area contributed by atoms with Gasteiger partial charge in [0.25, 0.3) is 0 Å². The van der Waals surface area contributed by atoms with Crippen molar-refractivity contribution in [3.63, 3.8) is 0 Å². The Morgan fingerprint density at radius 2 is 1.74 bits per heavy atom. The van der Waals surface area contributed by atoms with Gasteiger partial charge in [0.15, 0.2) is 0 Å². The molecular weight excluding hydrogens is 386 g/mol. The van der Waals surface area contributed by atoms with Crippen molar-refractivity contribution in [2.45, 2.75) is 65.4 Å². The number of benzene rings is 2. The van der Waals surface area contributed by atoms with Crippen molar-refractivity contribution in [3.05, 3.63) is 83.1 Å². The number of carbonyl (C=O) groups is 1. The minimum absolute atomic E-state index is 0.174. The molecule has 31 heavy (non-hydrogen) atoms. The van der Waals surface area contributed by atoms with E-state index in [1.54, 1.807) is 12.1 Å². The first-order chi connectivity index (χ1) is 14.8. The molecule has 0 saturated heterocycles. The molecule has 1 atom stereocenters. The van der Waals surface area contributed by atoms with Gasteiger partial charge in [-0.25, -0.2) is 4.79 Å². The van der Waals surface area contributed by atoms with E-state index < -0.39 is 5.97 Å². The lowest BCUT2D eigenvalue weighted by Crippen LogP contribution is -2.20. The topological polar surface area (TPSA) is 60.8 Å². The lowest BCUT2D eigenvalue weighted by Gasteiger charge is -2.21. The second-order valence-electron chi connectivity index (χ2n) is 8.13. The molecule has 2 N–H and O–H groups in total. The van der Waals surface area contributed by atoms with Crippen molar-refractivity contribution in [1.29, 1.82) is 0 Å². The number of rotatable bonds is 11. The highest BCUT2D eigenvalue weighted by Gasteiger charge is 2.05. The zero-order chi connectivity index (χ0) is 23.2. The average Bonchev–Trinajstić information content (AvgIpc) is 2.73. The summed E-state index contributed by atoms with van der Waals surface area (Å²) in [5.74, 6) is -0.880. The monoisotopic (exact) mass is 425 g/mol. The van der Waals surface area contributed by atoms with E-state index in [9.17, 15) is 9.90 Å². The summed E-state index contributed by atoms with van der Waals surface area (Å²) in [6, 6.07) is 15.4. The molecule has 0 radical (unpaired) electrons. The smallest absolute Gasteiger partial charge is 0.335 e. The van der Waals surface area contributed by atoms with E-state index in [-0.39, 0.29) is 6.10 Å². The quantitative estimate of drug-likeness (QED) is 0.472. The Morgan fingerprint density at radius 1 is 1.06 bits per heavy atom. The molecule has 170 valence electrons. The highest BCUT2D eigenvalue weighted by Crippen LogP contribution is 2.11. The molecule has 0 spiro atoms. The average molecular weight is 426 g/mol. The maximum atomic E-state index is 10.7. The van der Waals surface area contributed by atoms with Crippen LogP contribution in [0.5, 0.6) is 0 Å². The van der Waals surface area contributed by atoms with E-state index >= 15 is 0 Å². The number of carboxylic acid groups (broad SMARTS) is 1. The predicted octanol–water partition coefficient (Wildman–Crippen LogP) is 5.87. The minimum Gasteiger partial charge on any atom is -0.478 e. The Balaban J connectivity index is 0.000000327. The number of nitrogens with zero attached hydrogens (tertiary/aromatic N) is 1. The lowest BCUT2D eigenvalue weighted by atomic mass is 10.0. The molecule has 0 fully saturated rings. The molecule has 4 heteroatoms. The van der Waals surface area contributed by atoms with E-state index in [1.807, 2.05) is 25.2 Å². The molecule has 0 aliphatic carbocycles. The molecule has 0 aliphatic heterocycles. The third-order valence-electron chi connectivity index (χ3n) is 5.19. The van der Waals surface area contributed by atoms with Gasteiger partial charge in [-0.05, 0) is 55.9 Å². The van der Waals surface area contributed by atoms with Crippen LogP contribution in [-0.4, -0.2) is 40.8 Å². The van der Waals surface area contributed by atoms with E-state index in [0.717, 1.165) is 56.3 Å². The summed E-state index contributed by atoms with van der Waals surface area (Å²) in [4.78, 5) is 12.9. The molecule has 0 amide bonds. The van der Waals surface area contributed by atoms with Crippen molar-refractivity contribution in [3.8, 4) is 0 Å². The van der Waals surface area contributed by atoms with E-state index in [2.05, 4.69) is 50.4 Å².